The fourth-order valence-corrected chi connectivity index (χ4v) is 2.08. The maximum Gasteiger partial charge on any atom is 0.338 e. The van der Waals surface area contributed by atoms with Crippen LogP contribution in [0, 0.1) is 0 Å². The summed E-state index contributed by atoms with van der Waals surface area (Å²) in [7, 11) is 0. The van der Waals surface area contributed by atoms with Crippen molar-refractivity contribution < 1.29 is 9.53 Å². The largest absolute Gasteiger partial charge is 0.459 e. The first-order valence-corrected chi connectivity index (χ1v) is 7.01. The van der Waals surface area contributed by atoms with Crippen molar-refractivity contribution in [1.82, 2.24) is 4.98 Å². The highest BCUT2D eigenvalue weighted by Crippen LogP contribution is 2.12. The molecule has 0 bridgehead atoms. The first kappa shape index (κ1) is 13.5. The second-order valence-corrected chi connectivity index (χ2v) is 5.08. The lowest BCUT2D eigenvalue weighted by atomic mass is 10.2. The van der Waals surface area contributed by atoms with Gasteiger partial charge >= 0.3 is 5.97 Å². The van der Waals surface area contributed by atoms with Gasteiger partial charge in [-0.1, -0.05) is 0 Å². The van der Waals surface area contributed by atoms with Crippen LogP contribution in [0.2, 0.25) is 0 Å². The number of thiazole rings is 1. The quantitative estimate of drug-likeness (QED) is 0.851. The van der Waals surface area contributed by atoms with E-state index in [-0.39, 0.29) is 12.1 Å². The van der Waals surface area contributed by atoms with Crippen molar-refractivity contribution in [2.75, 3.05) is 5.32 Å². The summed E-state index contributed by atoms with van der Waals surface area (Å²) in [5.41, 5.74) is 4.33. The van der Waals surface area contributed by atoms with Gasteiger partial charge in [-0.3, -0.25) is 0 Å². The van der Waals surface area contributed by atoms with Gasteiger partial charge in [-0.15, -0.1) is 11.3 Å². The highest BCUT2D eigenvalue weighted by atomic mass is 32.1. The van der Waals surface area contributed by atoms with Gasteiger partial charge in [0, 0.05) is 11.1 Å². The number of aromatic nitrogens is 1. The van der Waals surface area contributed by atoms with E-state index in [4.69, 9.17) is 4.74 Å². The molecule has 4 nitrogen and oxygen atoms in total. The van der Waals surface area contributed by atoms with Crippen LogP contribution in [0.4, 0.5) is 5.69 Å². The Balaban J connectivity index is 1.92. The molecule has 0 radical (unpaired) electrons. The second-order valence-electron chi connectivity index (χ2n) is 4.36. The van der Waals surface area contributed by atoms with Crippen LogP contribution in [-0.4, -0.2) is 17.1 Å². The van der Waals surface area contributed by atoms with Crippen molar-refractivity contribution >= 4 is 23.0 Å². The van der Waals surface area contributed by atoms with Gasteiger partial charge in [0.05, 0.1) is 29.4 Å². The molecule has 0 fully saturated rings. The molecule has 0 unspecified atom stereocenters. The molecule has 0 saturated carbocycles. The van der Waals surface area contributed by atoms with Crippen LogP contribution in [0.25, 0.3) is 0 Å². The molecular formula is C14H16N2O2S. The number of carbonyl (C=O) groups excluding carboxylic acids is 1. The Kier molecular flexibility index (Phi) is 4.52. The lowest BCUT2D eigenvalue weighted by molar-refractivity contribution is 0.0378. The van der Waals surface area contributed by atoms with Gasteiger partial charge < -0.3 is 10.1 Å². The van der Waals surface area contributed by atoms with E-state index >= 15 is 0 Å². The lowest BCUT2D eigenvalue weighted by Crippen LogP contribution is -2.11. The number of rotatable bonds is 5. The van der Waals surface area contributed by atoms with E-state index in [0.29, 0.717) is 12.1 Å². The van der Waals surface area contributed by atoms with Gasteiger partial charge in [0.1, 0.15) is 0 Å². The van der Waals surface area contributed by atoms with Crippen molar-refractivity contribution in [2.24, 2.45) is 0 Å². The number of ether oxygens (including phenoxy) is 1. The summed E-state index contributed by atoms with van der Waals surface area (Å²) in [5.74, 6) is -0.291. The Hall–Kier alpha value is -1.88. The number of esters is 1. The predicted molar refractivity (Wildman–Crippen MR) is 76.4 cm³/mol. The zero-order valence-corrected chi connectivity index (χ0v) is 11.7. The summed E-state index contributed by atoms with van der Waals surface area (Å²) in [5, 5.41) is 5.25. The standard InChI is InChI=1S/C14H16N2O2S/c1-10(2)18-14(17)11-3-5-12(6-4-11)15-7-13-8-19-9-16-13/h3-6,8-10,15H,7H2,1-2H3. The zero-order chi connectivity index (χ0) is 13.7. The van der Waals surface area contributed by atoms with Crippen molar-refractivity contribution in [3.63, 3.8) is 0 Å². The molecule has 5 heteroatoms. The first-order valence-electron chi connectivity index (χ1n) is 6.07. The van der Waals surface area contributed by atoms with Crippen LogP contribution in [0.3, 0.4) is 0 Å². The predicted octanol–water partition coefficient (Wildman–Crippen LogP) is 3.32. The highest BCUT2D eigenvalue weighted by molar-refractivity contribution is 7.07. The topological polar surface area (TPSA) is 51.2 Å². The van der Waals surface area contributed by atoms with Crippen LogP contribution in [0.5, 0.6) is 0 Å². The fraction of sp³-hybridized carbons (Fsp3) is 0.286. The Morgan fingerprint density at radius 1 is 1.37 bits per heavy atom. The molecule has 1 N–H and O–H groups in total. The molecule has 1 aromatic heterocycles. The van der Waals surface area contributed by atoms with Crippen molar-refractivity contribution in [3.8, 4) is 0 Å². The molecule has 0 aliphatic rings. The summed E-state index contributed by atoms with van der Waals surface area (Å²) >= 11 is 1.57. The summed E-state index contributed by atoms with van der Waals surface area (Å²) < 4.78 is 5.13. The van der Waals surface area contributed by atoms with E-state index in [1.807, 2.05) is 36.9 Å². The Bertz CT molecular complexity index is 521. The maximum atomic E-state index is 11.7. The van der Waals surface area contributed by atoms with Crippen LogP contribution >= 0.6 is 11.3 Å². The molecular weight excluding hydrogens is 260 g/mol. The molecule has 0 aliphatic heterocycles. The number of benzene rings is 1. The highest BCUT2D eigenvalue weighted by Gasteiger charge is 2.08. The van der Waals surface area contributed by atoms with Gasteiger partial charge in [-0.25, -0.2) is 9.78 Å². The van der Waals surface area contributed by atoms with Gasteiger partial charge in [-0.2, -0.15) is 0 Å². The molecule has 1 aromatic carbocycles. The van der Waals surface area contributed by atoms with Crippen LogP contribution in [0.1, 0.15) is 29.9 Å². The van der Waals surface area contributed by atoms with E-state index in [9.17, 15) is 4.79 Å². The number of nitrogens with one attached hydrogen (secondary N) is 1. The van der Waals surface area contributed by atoms with E-state index < -0.39 is 0 Å². The van der Waals surface area contributed by atoms with Crippen LogP contribution in [0.15, 0.2) is 35.2 Å². The van der Waals surface area contributed by atoms with Crippen LogP contribution in [-0.2, 0) is 11.3 Å². The summed E-state index contributed by atoms with van der Waals surface area (Å²) in [4.78, 5) is 15.9. The van der Waals surface area contributed by atoms with Gasteiger partial charge in [0.15, 0.2) is 0 Å². The van der Waals surface area contributed by atoms with Gasteiger partial charge in [0.25, 0.3) is 0 Å². The van der Waals surface area contributed by atoms with E-state index in [0.717, 1.165) is 11.4 Å². The third-order valence-corrected chi connectivity index (χ3v) is 3.06. The van der Waals surface area contributed by atoms with Gasteiger partial charge in [-0.05, 0) is 38.1 Å². The van der Waals surface area contributed by atoms with Crippen molar-refractivity contribution in [2.45, 2.75) is 26.5 Å². The lowest BCUT2D eigenvalue weighted by Gasteiger charge is -2.09. The molecule has 0 amide bonds. The Morgan fingerprint density at radius 2 is 2.11 bits per heavy atom. The first-order chi connectivity index (χ1) is 9.15. The number of nitrogens with zero attached hydrogens (tertiary/aromatic N) is 1. The Labute approximate surface area is 116 Å². The summed E-state index contributed by atoms with van der Waals surface area (Å²) in [6.45, 7) is 4.35. The van der Waals surface area contributed by atoms with Crippen molar-refractivity contribution in [3.05, 3.63) is 46.4 Å². The molecule has 19 heavy (non-hydrogen) atoms. The van der Waals surface area contributed by atoms with Crippen LogP contribution < -0.4 is 5.32 Å². The number of hydrogen-bond acceptors (Lipinski definition) is 5. The fourth-order valence-electron chi connectivity index (χ4n) is 1.52. The number of anilines is 1. The molecule has 0 saturated heterocycles. The van der Waals surface area contributed by atoms with E-state index in [2.05, 4.69) is 10.3 Å². The zero-order valence-electron chi connectivity index (χ0n) is 10.9. The molecule has 100 valence electrons. The minimum absolute atomic E-state index is 0.102. The molecule has 0 aliphatic carbocycles. The SMILES string of the molecule is CC(C)OC(=O)c1ccc(NCc2cscn2)cc1. The minimum atomic E-state index is -0.291. The van der Waals surface area contributed by atoms with E-state index in [1.165, 1.54) is 0 Å². The van der Waals surface area contributed by atoms with Gasteiger partial charge in [0.2, 0.25) is 0 Å². The van der Waals surface area contributed by atoms with E-state index in [1.54, 1.807) is 23.5 Å². The smallest absolute Gasteiger partial charge is 0.338 e. The Morgan fingerprint density at radius 3 is 2.68 bits per heavy atom. The monoisotopic (exact) mass is 276 g/mol. The summed E-state index contributed by atoms with van der Waals surface area (Å²) in [6, 6.07) is 7.24. The second kappa shape index (κ2) is 6.33. The molecule has 1 heterocycles. The third-order valence-electron chi connectivity index (χ3n) is 2.42. The molecule has 2 aromatic rings. The average Bonchev–Trinajstić information content (AvgIpc) is 2.89. The molecule has 2 rings (SSSR count). The third kappa shape index (κ3) is 4.06. The molecule has 0 spiro atoms. The van der Waals surface area contributed by atoms with Crippen molar-refractivity contribution in [1.29, 1.82) is 0 Å². The normalized spacial score (nSPS) is 10.5. The average molecular weight is 276 g/mol. The minimum Gasteiger partial charge on any atom is -0.459 e. The number of hydrogen-bond donors (Lipinski definition) is 1. The summed E-state index contributed by atoms with van der Waals surface area (Å²) in [6.07, 6.45) is -0.102. The molecule has 0 atom stereocenters. The maximum absolute atomic E-state index is 11.7. The number of carbonyl (C=O) groups is 1.